The Hall–Kier alpha value is -0.360. The van der Waals surface area contributed by atoms with Crippen molar-refractivity contribution in [3.05, 3.63) is 28.2 Å². The van der Waals surface area contributed by atoms with E-state index in [2.05, 4.69) is 21.2 Å². The second kappa shape index (κ2) is 5.74. The van der Waals surface area contributed by atoms with Crippen LogP contribution >= 0.6 is 27.7 Å². The van der Waals surface area contributed by atoms with Crippen LogP contribution in [0.3, 0.4) is 0 Å². The van der Waals surface area contributed by atoms with E-state index < -0.39 is 11.7 Å². The molecular weight excluding hydrogens is 327 g/mol. The molecular formula is C12H13BrF3NS. The Kier molecular flexibility index (Phi) is 4.48. The van der Waals surface area contributed by atoms with E-state index >= 15 is 0 Å². The van der Waals surface area contributed by atoms with Crippen molar-refractivity contribution in [2.24, 2.45) is 0 Å². The van der Waals surface area contributed by atoms with Gasteiger partial charge in [-0.1, -0.05) is 0 Å². The number of thioether (sulfide) groups is 1. The highest BCUT2D eigenvalue weighted by atomic mass is 79.9. The molecule has 0 saturated carbocycles. The lowest BCUT2D eigenvalue weighted by molar-refractivity contribution is -0.137. The van der Waals surface area contributed by atoms with Crippen molar-refractivity contribution in [3.8, 4) is 0 Å². The maximum Gasteiger partial charge on any atom is 0.416 e. The van der Waals surface area contributed by atoms with Gasteiger partial charge in [-0.25, -0.2) is 0 Å². The normalized spacial score (nSPS) is 20.8. The Morgan fingerprint density at radius 1 is 1.33 bits per heavy atom. The van der Waals surface area contributed by atoms with Crippen LogP contribution in [0, 0.1) is 0 Å². The Labute approximate surface area is 117 Å². The zero-order valence-corrected chi connectivity index (χ0v) is 12.0. The summed E-state index contributed by atoms with van der Waals surface area (Å²) in [6.45, 7) is 0. The van der Waals surface area contributed by atoms with Crippen LogP contribution in [-0.4, -0.2) is 17.5 Å². The van der Waals surface area contributed by atoms with Crippen molar-refractivity contribution < 1.29 is 13.2 Å². The molecule has 1 heterocycles. The molecule has 1 nitrogen and oxygen atoms in total. The van der Waals surface area contributed by atoms with E-state index in [0.717, 1.165) is 36.4 Å². The van der Waals surface area contributed by atoms with E-state index in [1.54, 1.807) is 0 Å². The fourth-order valence-corrected chi connectivity index (χ4v) is 3.45. The standard InChI is InChI=1S/C12H13BrF3NS/c13-10-6-8(12(14,15)16)3-4-11(10)17-9-2-1-5-18-7-9/h3-4,6,9,17H,1-2,5,7H2. The quantitative estimate of drug-likeness (QED) is 0.832. The van der Waals surface area contributed by atoms with Gasteiger partial charge in [0.05, 0.1) is 5.56 Å². The maximum atomic E-state index is 12.5. The van der Waals surface area contributed by atoms with Gasteiger partial charge in [0, 0.05) is 22.0 Å². The number of rotatable bonds is 2. The van der Waals surface area contributed by atoms with Gasteiger partial charge in [-0.15, -0.1) is 0 Å². The van der Waals surface area contributed by atoms with Crippen molar-refractivity contribution in [3.63, 3.8) is 0 Å². The summed E-state index contributed by atoms with van der Waals surface area (Å²) in [6, 6.07) is 4.07. The average molecular weight is 340 g/mol. The first-order valence-electron chi connectivity index (χ1n) is 5.68. The second-order valence-corrected chi connectivity index (χ2v) is 6.25. The van der Waals surface area contributed by atoms with Crippen molar-refractivity contribution in [1.82, 2.24) is 0 Å². The van der Waals surface area contributed by atoms with Gasteiger partial charge in [0.2, 0.25) is 0 Å². The molecule has 1 unspecified atom stereocenters. The fourth-order valence-electron chi connectivity index (χ4n) is 1.88. The van der Waals surface area contributed by atoms with Crippen molar-refractivity contribution in [2.45, 2.75) is 25.1 Å². The van der Waals surface area contributed by atoms with Crippen LogP contribution in [0.2, 0.25) is 0 Å². The fraction of sp³-hybridized carbons (Fsp3) is 0.500. The summed E-state index contributed by atoms with van der Waals surface area (Å²) < 4.78 is 38.0. The Balaban J connectivity index is 2.09. The molecule has 100 valence electrons. The van der Waals surface area contributed by atoms with Gasteiger partial charge >= 0.3 is 6.18 Å². The molecule has 0 spiro atoms. The van der Waals surface area contributed by atoms with Crippen LogP contribution in [0.4, 0.5) is 18.9 Å². The summed E-state index contributed by atoms with van der Waals surface area (Å²) in [5.74, 6) is 2.18. The largest absolute Gasteiger partial charge is 0.416 e. The topological polar surface area (TPSA) is 12.0 Å². The average Bonchev–Trinajstić information content (AvgIpc) is 2.32. The van der Waals surface area contributed by atoms with Crippen molar-refractivity contribution in [2.75, 3.05) is 16.8 Å². The zero-order valence-electron chi connectivity index (χ0n) is 9.56. The molecule has 2 rings (SSSR count). The summed E-state index contributed by atoms with van der Waals surface area (Å²) in [7, 11) is 0. The van der Waals surface area contributed by atoms with Gasteiger partial charge in [0.1, 0.15) is 0 Å². The molecule has 0 aromatic heterocycles. The van der Waals surface area contributed by atoms with Crippen LogP contribution in [0.15, 0.2) is 22.7 Å². The first kappa shape index (κ1) is 14.1. The van der Waals surface area contributed by atoms with Crippen LogP contribution in [0.5, 0.6) is 0 Å². The molecule has 1 aliphatic heterocycles. The molecule has 6 heteroatoms. The summed E-state index contributed by atoms with van der Waals surface area (Å²) in [4.78, 5) is 0. The molecule has 1 saturated heterocycles. The Morgan fingerprint density at radius 2 is 2.11 bits per heavy atom. The SMILES string of the molecule is FC(F)(F)c1ccc(NC2CCCSC2)c(Br)c1. The molecule has 1 aliphatic rings. The minimum absolute atomic E-state index is 0.344. The first-order valence-corrected chi connectivity index (χ1v) is 7.62. The summed E-state index contributed by atoms with van der Waals surface area (Å²) in [5.41, 5.74) is 0.105. The van der Waals surface area contributed by atoms with Crippen LogP contribution in [0.25, 0.3) is 0 Å². The van der Waals surface area contributed by atoms with Crippen LogP contribution in [-0.2, 0) is 6.18 Å². The maximum absolute atomic E-state index is 12.5. The number of halogens is 4. The molecule has 0 radical (unpaired) electrons. The number of alkyl halides is 3. The van der Waals surface area contributed by atoms with Gasteiger partial charge in [0.15, 0.2) is 0 Å². The molecule has 0 aliphatic carbocycles. The highest BCUT2D eigenvalue weighted by Crippen LogP contribution is 2.34. The van der Waals surface area contributed by atoms with E-state index in [-0.39, 0.29) is 0 Å². The number of anilines is 1. The van der Waals surface area contributed by atoms with Gasteiger partial charge < -0.3 is 5.32 Å². The number of nitrogens with one attached hydrogen (secondary N) is 1. The molecule has 1 aromatic carbocycles. The first-order chi connectivity index (χ1) is 8.47. The summed E-state index contributed by atoms with van der Waals surface area (Å²) in [5, 5.41) is 3.29. The third-order valence-electron chi connectivity index (χ3n) is 2.82. The van der Waals surface area contributed by atoms with E-state index in [9.17, 15) is 13.2 Å². The van der Waals surface area contributed by atoms with Gasteiger partial charge in [-0.05, 0) is 52.7 Å². The molecule has 0 amide bonds. The Bertz CT molecular complexity index is 416. The minimum Gasteiger partial charge on any atom is -0.381 e. The van der Waals surface area contributed by atoms with Crippen molar-refractivity contribution >= 4 is 33.4 Å². The molecule has 0 bridgehead atoms. The van der Waals surface area contributed by atoms with E-state index in [4.69, 9.17) is 0 Å². The predicted molar refractivity (Wildman–Crippen MR) is 73.1 cm³/mol. The smallest absolute Gasteiger partial charge is 0.381 e. The highest BCUT2D eigenvalue weighted by molar-refractivity contribution is 9.10. The van der Waals surface area contributed by atoms with E-state index in [0.29, 0.717) is 10.5 Å². The van der Waals surface area contributed by atoms with Crippen molar-refractivity contribution in [1.29, 1.82) is 0 Å². The van der Waals surface area contributed by atoms with E-state index in [1.165, 1.54) is 11.8 Å². The summed E-state index contributed by atoms with van der Waals surface area (Å²) >= 11 is 5.07. The Morgan fingerprint density at radius 3 is 2.67 bits per heavy atom. The van der Waals surface area contributed by atoms with Gasteiger partial charge in [-0.3, -0.25) is 0 Å². The number of hydrogen-bond donors (Lipinski definition) is 1. The highest BCUT2D eigenvalue weighted by Gasteiger charge is 2.30. The molecule has 1 aromatic rings. The number of benzene rings is 1. The summed E-state index contributed by atoms with van der Waals surface area (Å²) in [6.07, 6.45) is -2.07. The number of hydrogen-bond acceptors (Lipinski definition) is 2. The lowest BCUT2D eigenvalue weighted by Crippen LogP contribution is -2.25. The van der Waals surface area contributed by atoms with E-state index in [1.807, 2.05) is 11.8 Å². The second-order valence-electron chi connectivity index (χ2n) is 4.25. The van der Waals surface area contributed by atoms with Crippen LogP contribution < -0.4 is 5.32 Å². The minimum atomic E-state index is -4.29. The lowest BCUT2D eigenvalue weighted by Gasteiger charge is -2.24. The predicted octanol–water partition coefficient (Wildman–Crippen LogP) is 4.78. The molecule has 18 heavy (non-hydrogen) atoms. The third kappa shape index (κ3) is 3.57. The zero-order chi connectivity index (χ0) is 13.2. The van der Waals surface area contributed by atoms with Gasteiger partial charge in [0.25, 0.3) is 0 Å². The van der Waals surface area contributed by atoms with Crippen LogP contribution in [0.1, 0.15) is 18.4 Å². The third-order valence-corrected chi connectivity index (χ3v) is 4.69. The monoisotopic (exact) mass is 339 g/mol. The van der Waals surface area contributed by atoms with Gasteiger partial charge in [-0.2, -0.15) is 24.9 Å². The lowest BCUT2D eigenvalue weighted by atomic mass is 10.1. The molecule has 1 atom stereocenters. The molecule has 1 fully saturated rings. The molecule has 1 N–H and O–H groups in total.